The van der Waals surface area contributed by atoms with Gasteiger partial charge >= 0.3 is 0 Å². The van der Waals surface area contributed by atoms with Crippen molar-refractivity contribution in [2.75, 3.05) is 5.73 Å². The quantitative estimate of drug-likeness (QED) is 0.654. The van der Waals surface area contributed by atoms with Crippen molar-refractivity contribution in [2.24, 2.45) is 0 Å². The summed E-state index contributed by atoms with van der Waals surface area (Å²) in [7, 11) is 0. The summed E-state index contributed by atoms with van der Waals surface area (Å²) in [6.07, 6.45) is 0. The summed E-state index contributed by atoms with van der Waals surface area (Å²) in [5.41, 5.74) is 7.10. The SMILES string of the molecule is Cc1c(N)csc1C#N.Cl. The Morgan fingerprint density at radius 2 is 2.30 bits per heavy atom. The zero-order valence-corrected chi connectivity index (χ0v) is 7.05. The Morgan fingerprint density at radius 1 is 1.70 bits per heavy atom. The van der Waals surface area contributed by atoms with E-state index in [9.17, 15) is 0 Å². The number of halogens is 1. The molecule has 0 fully saturated rings. The van der Waals surface area contributed by atoms with Gasteiger partial charge in [0.15, 0.2) is 0 Å². The maximum atomic E-state index is 8.44. The van der Waals surface area contributed by atoms with Crippen LogP contribution in [0.1, 0.15) is 10.4 Å². The molecule has 2 nitrogen and oxygen atoms in total. The molecule has 0 aromatic carbocycles. The molecule has 0 saturated heterocycles. The van der Waals surface area contributed by atoms with E-state index in [2.05, 4.69) is 6.07 Å². The van der Waals surface area contributed by atoms with Crippen molar-refractivity contribution in [2.45, 2.75) is 6.92 Å². The number of anilines is 1. The highest BCUT2D eigenvalue weighted by atomic mass is 35.5. The molecule has 0 spiro atoms. The molecule has 0 aliphatic carbocycles. The van der Waals surface area contributed by atoms with Gasteiger partial charge in [-0.2, -0.15) is 5.26 Å². The van der Waals surface area contributed by atoms with Gasteiger partial charge in [0, 0.05) is 16.6 Å². The molecule has 4 heteroatoms. The maximum Gasteiger partial charge on any atom is 0.110 e. The van der Waals surface area contributed by atoms with Gasteiger partial charge in [-0.3, -0.25) is 0 Å². The minimum atomic E-state index is 0. The van der Waals surface area contributed by atoms with Crippen LogP contribution < -0.4 is 5.73 Å². The Balaban J connectivity index is 0.000000810. The van der Waals surface area contributed by atoms with Crippen LogP contribution in [0.5, 0.6) is 0 Å². The van der Waals surface area contributed by atoms with Gasteiger partial charge in [0.05, 0.1) is 0 Å². The lowest BCUT2D eigenvalue weighted by atomic mass is 10.3. The first-order valence-corrected chi connectivity index (χ1v) is 3.37. The fraction of sp³-hybridized carbons (Fsp3) is 0.167. The van der Waals surface area contributed by atoms with Crippen LogP contribution >= 0.6 is 23.7 Å². The summed E-state index contributed by atoms with van der Waals surface area (Å²) < 4.78 is 0. The summed E-state index contributed by atoms with van der Waals surface area (Å²) >= 11 is 1.39. The van der Waals surface area contributed by atoms with Gasteiger partial charge in [-0.05, 0) is 6.92 Å². The summed E-state index contributed by atoms with van der Waals surface area (Å²) in [6.45, 7) is 1.85. The molecule has 2 N–H and O–H groups in total. The second-order valence-corrected chi connectivity index (χ2v) is 2.64. The molecule has 0 amide bonds. The molecule has 0 atom stereocenters. The topological polar surface area (TPSA) is 49.8 Å². The van der Waals surface area contributed by atoms with Crippen molar-refractivity contribution in [3.05, 3.63) is 15.8 Å². The van der Waals surface area contributed by atoms with Crippen molar-refractivity contribution in [3.8, 4) is 6.07 Å². The van der Waals surface area contributed by atoms with Crippen molar-refractivity contribution in [1.82, 2.24) is 0 Å². The van der Waals surface area contributed by atoms with Crippen LogP contribution in [0.4, 0.5) is 5.69 Å². The Morgan fingerprint density at radius 3 is 2.50 bits per heavy atom. The van der Waals surface area contributed by atoms with Crippen LogP contribution in [0, 0.1) is 18.3 Å². The van der Waals surface area contributed by atoms with E-state index < -0.39 is 0 Å². The van der Waals surface area contributed by atoms with Gasteiger partial charge in [-0.1, -0.05) is 0 Å². The lowest BCUT2D eigenvalue weighted by molar-refractivity contribution is 1.47. The van der Waals surface area contributed by atoms with Gasteiger partial charge in [-0.15, -0.1) is 23.7 Å². The fourth-order valence-corrected chi connectivity index (χ4v) is 1.31. The van der Waals surface area contributed by atoms with Gasteiger partial charge in [0.2, 0.25) is 0 Å². The summed E-state index contributed by atoms with van der Waals surface area (Å²) in [5, 5.41) is 10.2. The number of nitrogens with zero attached hydrogens (tertiary/aromatic N) is 1. The van der Waals surface area contributed by atoms with E-state index in [1.807, 2.05) is 6.92 Å². The number of hydrogen-bond donors (Lipinski definition) is 1. The molecule has 0 aliphatic heterocycles. The molecule has 10 heavy (non-hydrogen) atoms. The van der Waals surface area contributed by atoms with Crippen LogP contribution in [-0.4, -0.2) is 0 Å². The van der Waals surface area contributed by atoms with Gasteiger partial charge in [-0.25, -0.2) is 0 Å². The first kappa shape index (κ1) is 9.28. The highest BCUT2D eigenvalue weighted by Gasteiger charge is 2.01. The molecule has 0 saturated carbocycles. The lowest BCUT2D eigenvalue weighted by Gasteiger charge is -1.85. The van der Waals surface area contributed by atoms with Crippen LogP contribution in [0.2, 0.25) is 0 Å². The second kappa shape index (κ2) is 3.45. The Bertz CT molecular complexity index is 261. The average molecular weight is 175 g/mol. The number of hydrogen-bond acceptors (Lipinski definition) is 3. The first-order chi connectivity index (χ1) is 4.25. The predicted molar refractivity (Wildman–Crippen MR) is 45.4 cm³/mol. The third-order valence-corrected chi connectivity index (χ3v) is 2.18. The molecule has 1 heterocycles. The largest absolute Gasteiger partial charge is 0.398 e. The minimum absolute atomic E-state index is 0. The molecule has 54 valence electrons. The molecular weight excluding hydrogens is 168 g/mol. The van der Waals surface area contributed by atoms with Crippen LogP contribution in [0.3, 0.4) is 0 Å². The molecule has 0 aliphatic rings. The van der Waals surface area contributed by atoms with E-state index in [1.165, 1.54) is 11.3 Å². The van der Waals surface area contributed by atoms with Crippen molar-refractivity contribution in [3.63, 3.8) is 0 Å². The van der Waals surface area contributed by atoms with Crippen molar-refractivity contribution in [1.29, 1.82) is 5.26 Å². The van der Waals surface area contributed by atoms with Gasteiger partial charge < -0.3 is 5.73 Å². The molecule has 0 bridgehead atoms. The van der Waals surface area contributed by atoms with Crippen molar-refractivity contribution < 1.29 is 0 Å². The molecule has 1 rings (SSSR count). The molecule has 1 aromatic rings. The van der Waals surface area contributed by atoms with E-state index in [1.54, 1.807) is 5.38 Å². The highest BCUT2D eigenvalue weighted by molar-refractivity contribution is 7.11. The smallest absolute Gasteiger partial charge is 0.110 e. The Kier molecular flexibility index (Phi) is 3.20. The number of nitrogen functional groups attached to an aromatic ring is 1. The van der Waals surface area contributed by atoms with Gasteiger partial charge in [0.1, 0.15) is 10.9 Å². The minimum Gasteiger partial charge on any atom is -0.398 e. The zero-order valence-electron chi connectivity index (χ0n) is 5.42. The fourth-order valence-electron chi connectivity index (χ4n) is 0.540. The van der Waals surface area contributed by atoms with Crippen LogP contribution in [-0.2, 0) is 0 Å². The number of thiophene rings is 1. The summed E-state index contributed by atoms with van der Waals surface area (Å²) in [6, 6.07) is 2.05. The average Bonchev–Trinajstić information content (AvgIpc) is 2.15. The van der Waals surface area contributed by atoms with Crippen molar-refractivity contribution >= 4 is 29.4 Å². The molecule has 0 radical (unpaired) electrons. The van der Waals surface area contributed by atoms with E-state index in [-0.39, 0.29) is 12.4 Å². The third-order valence-electron chi connectivity index (χ3n) is 1.18. The zero-order chi connectivity index (χ0) is 6.85. The Labute approximate surface area is 69.7 Å². The van der Waals surface area contributed by atoms with Gasteiger partial charge in [0.25, 0.3) is 0 Å². The monoisotopic (exact) mass is 174 g/mol. The Hall–Kier alpha value is -0.720. The predicted octanol–water partition coefficient (Wildman–Crippen LogP) is 1.93. The molecule has 1 aromatic heterocycles. The molecule has 0 unspecified atom stereocenters. The highest BCUT2D eigenvalue weighted by Crippen LogP contribution is 2.21. The standard InChI is InChI=1S/C6H6N2S.ClH/c1-4-5(8)3-9-6(4)2-7;/h3H,8H2,1H3;1H. The number of nitrogens with two attached hydrogens (primary N) is 1. The van der Waals surface area contributed by atoms with Crippen LogP contribution in [0.15, 0.2) is 5.38 Å². The normalized spacial score (nSPS) is 8.00. The third kappa shape index (κ3) is 1.41. The number of nitriles is 1. The van der Waals surface area contributed by atoms with E-state index >= 15 is 0 Å². The summed E-state index contributed by atoms with van der Waals surface area (Å²) in [4.78, 5) is 0.715. The van der Waals surface area contributed by atoms with E-state index in [0.717, 1.165) is 11.3 Å². The molecular formula is C6H7ClN2S. The van der Waals surface area contributed by atoms with E-state index in [4.69, 9.17) is 11.0 Å². The second-order valence-electron chi connectivity index (χ2n) is 1.76. The summed E-state index contributed by atoms with van der Waals surface area (Å²) in [5.74, 6) is 0. The maximum absolute atomic E-state index is 8.44. The first-order valence-electron chi connectivity index (χ1n) is 2.49. The van der Waals surface area contributed by atoms with Crippen LogP contribution in [0.25, 0.3) is 0 Å². The number of rotatable bonds is 0. The van der Waals surface area contributed by atoms with E-state index in [0.29, 0.717) is 4.88 Å². The lowest BCUT2D eigenvalue weighted by Crippen LogP contribution is -1.83.